The van der Waals surface area contributed by atoms with Crippen molar-refractivity contribution in [2.45, 2.75) is 32.9 Å². The summed E-state index contributed by atoms with van der Waals surface area (Å²) in [6.45, 7) is 3.76. The molecule has 0 amide bonds. The minimum absolute atomic E-state index is 0.169. The largest absolute Gasteiger partial charge is 0.463 e. The van der Waals surface area contributed by atoms with Gasteiger partial charge in [0.05, 0.1) is 6.54 Å². The molecule has 1 unspecified atom stereocenters. The molecule has 0 spiro atoms. The van der Waals surface area contributed by atoms with Crippen LogP contribution in [0.5, 0.6) is 0 Å². The van der Waals surface area contributed by atoms with E-state index in [9.17, 15) is 4.79 Å². The second kappa shape index (κ2) is 6.47. The maximum atomic E-state index is 10.8. The van der Waals surface area contributed by atoms with Crippen molar-refractivity contribution in [3.8, 4) is 11.4 Å². The molecule has 0 saturated carbocycles. The highest BCUT2D eigenvalue weighted by molar-refractivity contribution is 6.30. The molecule has 0 saturated heterocycles. The second-order valence-corrected chi connectivity index (χ2v) is 4.86. The Hall–Kier alpha value is -1.95. The van der Waals surface area contributed by atoms with Crippen LogP contribution in [0.25, 0.3) is 11.4 Å². The summed E-state index contributed by atoms with van der Waals surface area (Å²) in [5, 5.41) is 12.9. The fourth-order valence-corrected chi connectivity index (χ4v) is 1.82. The number of carbonyl (C=O) groups excluding carboxylic acids is 1. The number of benzene rings is 1. The summed E-state index contributed by atoms with van der Waals surface area (Å²) < 4.78 is 5.03. The molecule has 106 valence electrons. The summed E-state index contributed by atoms with van der Waals surface area (Å²) >= 11 is 5.83. The zero-order chi connectivity index (χ0) is 14.5. The van der Waals surface area contributed by atoms with Crippen molar-refractivity contribution in [1.29, 1.82) is 0 Å². The third-order valence-corrected chi connectivity index (χ3v) is 2.91. The molecule has 2 rings (SSSR count). The van der Waals surface area contributed by atoms with Gasteiger partial charge in [-0.3, -0.25) is 4.79 Å². The predicted octanol–water partition coefficient (Wildman–Crippen LogP) is 2.34. The molecule has 0 radical (unpaired) electrons. The highest BCUT2D eigenvalue weighted by Crippen LogP contribution is 2.17. The molecule has 1 aromatic carbocycles. The Balaban J connectivity index is 1.95. The van der Waals surface area contributed by atoms with Gasteiger partial charge in [-0.1, -0.05) is 11.6 Å². The highest BCUT2D eigenvalue weighted by Gasteiger charge is 2.09. The Bertz CT molecular complexity index is 582. The molecule has 0 aliphatic carbocycles. The summed E-state index contributed by atoms with van der Waals surface area (Å²) in [5.74, 6) is 0.257. The zero-order valence-corrected chi connectivity index (χ0v) is 12.0. The van der Waals surface area contributed by atoms with Crippen molar-refractivity contribution in [3.05, 3.63) is 29.3 Å². The molecule has 0 N–H and O–H groups in total. The van der Waals surface area contributed by atoms with Gasteiger partial charge >= 0.3 is 5.97 Å². The van der Waals surface area contributed by atoms with E-state index in [2.05, 4.69) is 15.4 Å². The number of tetrazole rings is 1. The molecule has 2 aromatic rings. The third kappa shape index (κ3) is 4.03. The van der Waals surface area contributed by atoms with Gasteiger partial charge in [0.1, 0.15) is 6.10 Å². The van der Waals surface area contributed by atoms with Crippen molar-refractivity contribution in [2.24, 2.45) is 0 Å². The smallest absolute Gasteiger partial charge is 0.302 e. The van der Waals surface area contributed by atoms with Crippen molar-refractivity contribution in [1.82, 2.24) is 20.2 Å². The van der Waals surface area contributed by atoms with Crippen LogP contribution in [0.15, 0.2) is 24.3 Å². The van der Waals surface area contributed by atoms with Gasteiger partial charge < -0.3 is 4.74 Å². The molecule has 7 heteroatoms. The molecule has 6 nitrogen and oxygen atoms in total. The molecule has 1 heterocycles. The fraction of sp³-hybridized carbons (Fsp3) is 0.385. The maximum Gasteiger partial charge on any atom is 0.302 e. The minimum Gasteiger partial charge on any atom is -0.463 e. The van der Waals surface area contributed by atoms with E-state index in [-0.39, 0.29) is 12.1 Å². The molecule has 1 atom stereocenters. The van der Waals surface area contributed by atoms with Gasteiger partial charge in [-0.05, 0) is 36.4 Å². The number of hydrogen-bond acceptors (Lipinski definition) is 5. The lowest BCUT2D eigenvalue weighted by Crippen LogP contribution is -2.16. The zero-order valence-electron chi connectivity index (χ0n) is 11.3. The molecular formula is C13H15ClN4O2. The number of ether oxygens (including phenoxy) is 1. The van der Waals surface area contributed by atoms with Gasteiger partial charge in [0, 0.05) is 23.9 Å². The number of nitrogens with zero attached hydrogens (tertiary/aromatic N) is 4. The Morgan fingerprint density at radius 3 is 2.75 bits per heavy atom. The number of rotatable bonds is 5. The highest BCUT2D eigenvalue weighted by atomic mass is 35.5. The van der Waals surface area contributed by atoms with Crippen molar-refractivity contribution < 1.29 is 9.53 Å². The molecule has 20 heavy (non-hydrogen) atoms. The Kier molecular flexibility index (Phi) is 4.68. The van der Waals surface area contributed by atoms with Gasteiger partial charge in [-0.2, -0.15) is 4.80 Å². The summed E-state index contributed by atoms with van der Waals surface area (Å²) in [5.41, 5.74) is 0.855. The maximum absolute atomic E-state index is 10.8. The number of esters is 1. The van der Waals surface area contributed by atoms with Crippen LogP contribution in [0.1, 0.15) is 20.3 Å². The van der Waals surface area contributed by atoms with Crippen molar-refractivity contribution >= 4 is 17.6 Å². The van der Waals surface area contributed by atoms with Crippen LogP contribution >= 0.6 is 11.6 Å². The van der Waals surface area contributed by atoms with E-state index in [4.69, 9.17) is 16.3 Å². The molecule has 1 aromatic heterocycles. The Labute approximate surface area is 121 Å². The number of aryl methyl sites for hydroxylation is 1. The number of halogens is 1. The van der Waals surface area contributed by atoms with Crippen molar-refractivity contribution in [3.63, 3.8) is 0 Å². The molecular weight excluding hydrogens is 280 g/mol. The normalized spacial score (nSPS) is 12.2. The molecule has 0 fully saturated rings. The average molecular weight is 295 g/mol. The van der Waals surface area contributed by atoms with Gasteiger partial charge in [-0.15, -0.1) is 10.2 Å². The molecule has 0 aliphatic heterocycles. The van der Waals surface area contributed by atoms with E-state index in [0.29, 0.717) is 23.8 Å². The van der Waals surface area contributed by atoms with E-state index < -0.39 is 0 Å². The van der Waals surface area contributed by atoms with Gasteiger partial charge in [-0.25, -0.2) is 0 Å². The fourth-order valence-electron chi connectivity index (χ4n) is 1.69. The first-order valence-electron chi connectivity index (χ1n) is 6.25. The lowest BCUT2D eigenvalue weighted by molar-refractivity contribution is -0.145. The van der Waals surface area contributed by atoms with Crippen LogP contribution in [0, 0.1) is 0 Å². The van der Waals surface area contributed by atoms with Gasteiger partial charge in [0.15, 0.2) is 0 Å². The first kappa shape index (κ1) is 14.5. The number of aromatic nitrogens is 4. The summed E-state index contributed by atoms with van der Waals surface area (Å²) in [6, 6.07) is 7.23. The van der Waals surface area contributed by atoms with Crippen LogP contribution in [0.2, 0.25) is 5.02 Å². The standard InChI is InChI=1S/C13H15ClN4O2/c1-9(20-10(2)19)7-8-18-16-13(15-17-18)11-3-5-12(14)6-4-11/h3-6,9H,7-8H2,1-2H3. The van der Waals surface area contributed by atoms with Crippen LogP contribution in [0.3, 0.4) is 0 Å². The molecule has 0 bridgehead atoms. The topological polar surface area (TPSA) is 69.9 Å². The van der Waals surface area contributed by atoms with E-state index in [1.54, 1.807) is 12.1 Å². The first-order valence-corrected chi connectivity index (χ1v) is 6.63. The molecule has 0 aliphatic rings. The van der Waals surface area contributed by atoms with Crippen LogP contribution < -0.4 is 0 Å². The Morgan fingerprint density at radius 1 is 1.40 bits per heavy atom. The van der Waals surface area contributed by atoms with Crippen molar-refractivity contribution in [2.75, 3.05) is 0 Å². The van der Waals surface area contributed by atoms with Crippen LogP contribution in [0.4, 0.5) is 0 Å². The average Bonchev–Trinajstić information content (AvgIpc) is 2.85. The van der Waals surface area contributed by atoms with E-state index >= 15 is 0 Å². The minimum atomic E-state index is -0.286. The first-order chi connectivity index (χ1) is 9.54. The Morgan fingerprint density at radius 2 is 2.10 bits per heavy atom. The summed E-state index contributed by atoms with van der Waals surface area (Å²) in [6.07, 6.45) is 0.466. The summed E-state index contributed by atoms with van der Waals surface area (Å²) in [7, 11) is 0. The summed E-state index contributed by atoms with van der Waals surface area (Å²) in [4.78, 5) is 12.3. The number of carbonyl (C=O) groups is 1. The SMILES string of the molecule is CC(=O)OC(C)CCn1nnc(-c2ccc(Cl)cc2)n1. The quantitative estimate of drug-likeness (QED) is 0.792. The van der Waals surface area contributed by atoms with Crippen LogP contribution in [-0.2, 0) is 16.1 Å². The van der Waals surface area contributed by atoms with Gasteiger partial charge in [0.2, 0.25) is 5.82 Å². The predicted molar refractivity (Wildman–Crippen MR) is 74.1 cm³/mol. The van der Waals surface area contributed by atoms with Crippen LogP contribution in [-0.4, -0.2) is 32.3 Å². The lowest BCUT2D eigenvalue weighted by Gasteiger charge is -2.10. The van der Waals surface area contributed by atoms with E-state index in [1.807, 2.05) is 19.1 Å². The van der Waals surface area contributed by atoms with Gasteiger partial charge in [0.25, 0.3) is 0 Å². The third-order valence-electron chi connectivity index (χ3n) is 2.66. The monoisotopic (exact) mass is 294 g/mol. The second-order valence-electron chi connectivity index (χ2n) is 4.42. The number of hydrogen-bond donors (Lipinski definition) is 0. The lowest BCUT2D eigenvalue weighted by atomic mass is 10.2. The van der Waals surface area contributed by atoms with E-state index in [1.165, 1.54) is 11.7 Å². The van der Waals surface area contributed by atoms with E-state index in [0.717, 1.165) is 5.56 Å².